The summed E-state index contributed by atoms with van der Waals surface area (Å²) in [6.07, 6.45) is -23.8. The van der Waals surface area contributed by atoms with Crippen molar-refractivity contribution in [2.45, 2.75) is 24.6 Å². The van der Waals surface area contributed by atoms with E-state index in [0.717, 1.165) is 0 Å². The van der Waals surface area contributed by atoms with Crippen LogP contribution >= 0.6 is 7.82 Å². The van der Waals surface area contributed by atoms with Crippen LogP contribution in [0.15, 0.2) is 0 Å². The predicted molar refractivity (Wildman–Crippen MR) is 61.5 cm³/mol. The summed E-state index contributed by atoms with van der Waals surface area (Å²) in [6, 6.07) is 0. The van der Waals surface area contributed by atoms with Gasteiger partial charge in [0.15, 0.2) is 0 Å². The largest absolute Gasteiger partial charge is 1.00 e. The summed E-state index contributed by atoms with van der Waals surface area (Å²) in [5.41, 5.74) is 0. The fraction of sp³-hybridized carbons (Fsp3) is 0.500. The van der Waals surface area contributed by atoms with Crippen LogP contribution in [0.1, 0.15) is 0 Å². The molecule has 0 radical (unpaired) electrons. The van der Waals surface area contributed by atoms with Gasteiger partial charge in [0, 0.05) is 0 Å². The molecule has 24 heteroatoms. The molecule has 0 spiro atoms. The zero-order valence-corrected chi connectivity index (χ0v) is 15.2. The second kappa shape index (κ2) is 12.8. The number of phosphoric acid groups is 1. The van der Waals surface area contributed by atoms with Crippen LogP contribution in [0.25, 0.3) is 0 Å². The minimum atomic E-state index is -6.13. The van der Waals surface area contributed by atoms with Gasteiger partial charge in [0.25, 0.3) is 7.82 Å². The molecular formula is C8H4F10LiO12P. The van der Waals surface area contributed by atoms with Crippen LogP contribution in [0.3, 0.4) is 0 Å². The van der Waals surface area contributed by atoms with Gasteiger partial charge in [-0.05, 0) is 0 Å². The Morgan fingerprint density at radius 2 is 0.812 bits per heavy atom. The Labute approximate surface area is 178 Å². The van der Waals surface area contributed by atoms with Gasteiger partial charge in [0.2, 0.25) is 0 Å². The molecule has 0 aromatic rings. The molecule has 0 aromatic carbocycles. The molecule has 0 fully saturated rings. The minimum absolute atomic E-state index is 0. The average Bonchev–Trinajstić information content (AvgIpc) is 2.42. The second-order valence-electron chi connectivity index (χ2n) is 3.91. The van der Waals surface area contributed by atoms with E-state index in [-0.39, 0.29) is 18.9 Å². The zero-order chi connectivity index (χ0) is 26.2. The first-order valence-electron chi connectivity index (χ1n) is 5.74. The number of carbonyl (C=O) groups excluding carboxylic acids is 2. The van der Waals surface area contributed by atoms with Crippen molar-refractivity contribution < 1.29 is 121 Å². The number of hydrogen-bond donors (Lipinski definition) is 4. The summed E-state index contributed by atoms with van der Waals surface area (Å²) >= 11 is 0. The SMILES string of the molecule is O=C(O)C(=O)OC(F)(F)C(F)(F)F.O=C(O)C(=O)OC(F)(F)C(F)(F)F.O=P([O-])(O)O.[Li+]. The zero-order valence-electron chi connectivity index (χ0n) is 14.3. The van der Waals surface area contributed by atoms with E-state index in [1.807, 2.05) is 0 Å². The van der Waals surface area contributed by atoms with E-state index in [9.17, 15) is 63.1 Å². The Balaban J connectivity index is -0.000000198. The first-order chi connectivity index (χ1) is 13.2. The molecular weight excluding hydrogens is 516 g/mol. The van der Waals surface area contributed by atoms with E-state index in [0.29, 0.717) is 0 Å². The summed E-state index contributed by atoms with van der Waals surface area (Å²) in [6.45, 7) is 0. The molecule has 0 atom stereocenters. The third kappa shape index (κ3) is 17.6. The number of aliphatic carboxylic acids is 2. The molecule has 32 heavy (non-hydrogen) atoms. The Hall–Kier alpha value is -2.11. The van der Waals surface area contributed by atoms with Gasteiger partial charge < -0.3 is 34.4 Å². The van der Waals surface area contributed by atoms with Crippen LogP contribution in [-0.2, 0) is 33.2 Å². The number of ether oxygens (including phenoxy) is 2. The molecule has 0 bridgehead atoms. The molecule has 184 valence electrons. The molecule has 12 nitrogen and oxygen atoms in total. The molecule has 0 heterocycles. The molecule has 4 N–H and O–H groups in total. The topological polar surface area (TPSA) is 208 Å². The average molecular weight is 520 g/mol. The van der Waals surface area contributed by atoms with Crippen molar-refractivity contribution in [3.05, 3.63) is 0 Å². The quantitative estimate of drug-likeness (QED) is 0.0944. The van der Waals surface area contributed by atoms with Crippen molar-refractivity contribution in [1.29, 1.82) is 0 Å². The third-order valence-electron chi connectivity index (χ3n) is 1.45. The standard InChI is InChI=1S/2C4HF5O4.Li.H3O4P/c2*5-3(6,7)4(8,9)13-2(12)1(10)11;;1-5(2,3)4/h2*(H,10,11);;(H3,1,2,3,4)/q;;+1;/p-1. The maximum absolute atomic E-state index is 11.7. The molecule has 0 aliphatic rings. The predicted octanol–water partition coefficient (Wildman–Crippen LogP) is -3.02. The summed E-state index contributed by atoms with van der Waals surface area (Å²) in [5.74, 6) is -10.4. The smallest absolute Gasteiger partial charge is 0.756 e. The summed E-state index contributed by atoms with van der Waals surface area (Å²) in [7, 11) is -4.89. The van der Waals surface area contributed by atoms with Crippen LogP contribution in [-0.4, -0.2) is 68.4 Å². The maximum Gasteiger partial charge on any atom is 1.00 e. The Bertz CT molecular complexity index is 655. The molecule has 0 amide bonds. The number of carboxylic acid groups (broad SMARTS) is 2. The van der Waals surface area contributed by atoms with Gasteiger partial charge in [-0.15, -0.1) is 0 Å². The van der Waals surface area contributed by atoms with E-state index < -0.39 is 56.3 Å². The number of rotatable bonds is 2. The number of carboxylic acids is 2. The number of hydrogen-bond acceptors (Lipinski definition) is 8. The van der Waals surface area contributed by atoms with Gasteiger partial charge in [-0.2, -0.15) is 43.9 Å². The monoisotopic (exact) mass is 520 g/mol. The van der Waals surface area contributed by atoms with Crippen LogP contribution in [0.5, 0.6) is 0 Å². The van der Waals surface area contributed by atoms with Crippen LogP contribution in [0.2, 0.25) is 0 Å². The van der Waals surface area contributed by atoms with Gasteiger partial charge in [-0.1, -0.05) is 0 Å². The van der Waals surface area contributed by atoms with Crippen molar-refractivity contribution in [3.8, 4) is 0 Å². The Morgan fingerprint density at radius 1 is 0.656 bits per heavy atom. The summed E-state index contributed by atoms with van der Waals surface area (Å²) < 4.78 is 128. The first-order valence-corrected chi connectivity index (χ1v) is 7.27. The number of halogens is 10. The Morgan fingerprint density at radius 3 is 0.906 bits per heavy atom. The van der Waals surface area contributed by atoms with Crippen molar-refractivity contribution in [2.24, 2.45) is 0 Å². The van der Waals surface area contributed by atoms with Crippen molar-refractivity contribution in [3.63, 3.8) is 0 Å². The van der Waals surface area contributed by atoms with Gasteiger partial charge >= 0.3 is 67.3 Å². The van der Waals surface area contributed by atoms with E-state index >= 15 is 0 Å². The van der Waals surface area contributed by atoms with E-state index in [2.05, 4.69) is 9.47 Å². The molecule has 0 aromatic heterocycles. The Kier molecular flexibility index (Phi) is 14.9. The molecule has 0 aliphatic carbocycles. The van der Waals surface area contributed by atoms with Gasteiger partial charge in [-0.25, -0.2) is 19.2 Å². The van der Waals surface area contributed by atoms with Crippen LogP contribution in [0.4, 0.5) is 43.9 Å². The number of carbonyl (C=O) groups is 4. The third-order valence-corrected chi connectivity index (χ3v) is 1.45. The molecule has 0 aliphatic heterocycles. The summed E-state index contributed by atoms with van der Waals surface area (Å²) in [4.78, 5) is 61.6. The molecule has 0 saturated carbocycles. The van der Waals surface area contributed by atoms with Crippen LogP contribution < -0.4 is 23.8 Å². The fourth-order valence-corrected chi connectivity index (χ4v) is 0.436. The minimum Gasteiger partial charge on any atom is -0.756 e. The molecule has 0 saturated heterocycles. The first kappa shape index (κ1) is 37.2. The van der Waals surface area contributed by atoms with Gasteiger partial charge in [0.1, 0.15) is 0 Å². The number of alkyl halides is 10. The summed E-state index contributed by atoms with van der Waals surface area (Å²) in [5, 5.41) is 15.3. The van der Waals surface area contributed by atoms with Crippen LogP contribution in [0, 0.1) is 0 Å². The second-order valence-corrected chi connectivity index (χ2v) is 4.89. The maximum atomic E-state index is 11.7. The van der Waals surface area contributed by atoms with Crippen molar-refractivity contribution >= 4 is 31.7 Å². The molecule has 0 rings (SSSR count). The van der Waals surface area contributed by atoms with E-state index in [1.54, 1.807) is 0 Å². The number of esters is 2. The van der Waals surface area contributed by atoms with E-state index in [4.69, 9.17) is 29.5 Å². The molecule has 0 unspecified atom stereocenters. The normalized spacial score (nSPS) is 11.9. The van der Waals surface area contributed by atoms with Crippen molar-refractivity contribution in [1.82, 2.24) is 0 Å². The fourth-order valence-electron chi connectivity index (χ4n) is 0.436. The van der Waals surface area contributed by atoms with Gasteiger partial charge in [0.05, 0.1) is 0 Å². The van der Waals surface area contributed by atoms with E-state index in [1.165, 1.54) is 0 Å². The van der Waals surface area contributed by atoms with Crippen molar-refractivity contribution in [2.75, 3.05) is 0 Å². The van der Waals surface area contributed by atoms with Gasteiger partial charge in [-0.3, -0.25) is 4.57 Å².